The highest BCUT2D eigenvalue weighted by Crippen LogP contribution is 2.06. The summed E-state index contributed by atoms with van der Waals surface area (Å²) < 4.78 is 0. The van der Waals surface area contributed by atoms with E-state index in [1.54, 1.807) is 16.7 Å². The molecule has 2 atom stereocenters. The average molecular weight is 269 g/mol. The van der Waals surface area contributed by atoms with Crippen molar-refractivity contribution in [2.75, 3.05) is 25.6 Å². The second-order valence-electron chi connectivity index (χ2n) is 4.12. The van der Waals surface area contributed by atoms with Crippen molar-refractivity contribution in [1.82, 2.24) is 4.90 Å². The molecule has 0 rings (SSSR count). The summed E-state index contributed by atoms with van der Waals surface area (Å²) in [6, 6.07) is -0.327. The number of halogens is 1. The smallest absolute Gasteiger partial charge is 0.239 e. The number of likely N-dealkylation sites (N-methyl/N-ethyl adjacent to an activating group) is 1. The highest BCUT2D eigenvalue weighted by molar-refractivity contribution is 7.98. The molecular formula is C11H25ClN2OS. The van der Waals surface area contributed by atoms with Crippen LogP contribution in [0.15, 0.2) is 0 Å². The molecule has 1 unspecified atom stereocenters. The Morgan fingerprint density at radius 3 is 2.50 bits per heavy atom. The predicted molar refractivity (Wildman–Crippen MR) is 75.3 cm³/mol. The lowest BCUT2D eigenvalue weighted by Gasteiger charge is -2.23. The lowest BCUT2D eigenvalue weighted by molar-refractivity contribution is -0.131. The quantitative estimate of drug-likeness (QED) is 0.768. The van der Waals surface area contributed by atoms with Gasteiger partial charge in [0.15, 0.2) is 0 Å². The van der Waals surface area contributed by atoms with Gasteiger partial charge in [-0.25, -0.2) is 0 Å². The number of carbonyl (C=O) groups excluding carboxylic acids is 1. The SMILES string of the molecule is CCC(C)CN(C)C(=O)[C@@H](N)CCSC.Cl. The maximum atomic E-state index is 11.8. The molecule has 0 radical (unpaired) electrons. The van der Waals surface area contributed by atoms with Crippen LogP contribution in [0.3, 0.4) is 0 Å². The molecule has 0 aliphatic rings. The molecule has 0 bridgehead atoms. The van der Waals surface area contributed by atoms with E-state index in [1.807, 2.05) is 13.3 Å². The molecule has 0 aromatic heterocycles. The van der Waals surface area contributed by atoms with E-state index in [1.165, 1.54) is 0 Å². The van der Waals surface area contributed by atoms with E-state index in [0.717, 1.165) is 25.1 Å². The van der Waals surface area contributed by atoms with E-state index in [4.69, 9.17) is 5.73 Å². The van der Waals surface area contributed by atoms with Gasteiger partial charge in [0.2, 0.25) is 5.91 Å². The number of nitrogens with two attached hydrogens (primary N) is 1. The van der Waals surface area contributed by atoms with Gasteiger partial charge in [0.05, 0.1) is 6.04 Å². The van der Waals surface area contributed by atoms with E-state index in [2.05, 4.69) is 13.8 Å². The van der Waals surface area contributed by atoms with E-state index >= 15 is 0 Å². The Labute approximate surface area is 110 Å². The minimum atomic E-state index is -0.327. The van der Waals surface area contributed by atoms with Crippen LogP contribution in [0.1, 0.15) is 26.7 Å². The molecule has 0 aromatic rings. The van der Waals surface area contributed by atoms with Gasteiger partial charge in [-0.05, 0) is 24.3 Å². The van der Waals surface area contributed by atoms with Crippen LogP contribution in [-0.2, 0) is 4.79 Å². The van der Waals surface area contributed by atoms with Crippen LogP contribution in [0.4, 0.5) is 0 Å². The van der Waals surface area contributed by atoms with Crippen LogP contribution < -0.4 is 5.73 Å². The van der Waals surface area contributed by atoms with Crippen molar-refractivity contribution in [1.29, 1.82) is 0 Å². The zero-order valence-electron chi connectivity index (χ0n) is 10.7. The lowest BCUT2D eigenvalue weighted by atomic mass is 10.1. The Bertz CT molecular complexity index is 193. The summed E-state index contributed by atoms with van der Waals surface area (Å²) in [6.45, 7) is 5.09. The topological polar surface area (TPSA) is 46.3 Å². The van der Waals surface area contributed by atoms with Gasteiger partial charge in [0, 0.05) is 13.6 Å². The molecule has 3 nitrogen and oxygen atoms in total. The van der Waals surface area contributed by atoms with Crippen LogP contribution in [-0.4, -0.2) is 42.4 Å². The molecule has 0 saturated heterocycles. The van der Waals surface area contributed by atoms with Crippen molar-refractivity contribution in [3.05, 3.63) is 0 Å². The minimum Gasteiger partial charge on any atom is -0.344 e. The average Bonchev–Trinajstić information content (AvgIpc) is 2.24. The molecule has 5 heteroatoms. The monoisotopic (exact) mass is 268 g/mol. The predicted octanol–water partition coefficient (Wildman–Crippen LogP) is 1.99. The van der Waals surface area contributed by atoms with Gasteiger partial charge in [0.25, 0.3) is 0 Å². The molecule has 0 aliphatic carbocycles. The number of amides is 1. The van der Waals surface area contributed by atoms with Gasteiger partial charge in [-0.3, -0.25) is 4.79 Å². The van der Waals surface area contributed by atoms with Gasteiger partial charge in [-0.15, -0.1) is 12.4 Å². The summed E-state index contributed by atoms with van der Waals surface area (Å²) in [5.41, 5.74) is 5.82. The number of hydrogen-bond donors (Lipinski definition) is 1. The van der Waals surface area contributed by atoms with Crippen molar-refractivity contribution in [3.63, 3.8) is 0 Å². The van der Waals surface area contributed by atoms with E-state index in [0.29, 0.717) is 5.92 Å². The zero-order valence-corrected chi connectivity index (χ0v) is 12.4. The van der Waals surface area contributed by atoms with Gasteiger partial charge in [-0.1, -0.05) is 20.3 Å². The van der Waals surface area contributed by atoms with Gasteiger partial charge in [-0.2, -0.15) is 11.8 Å². The van der Waals surface area contributed by atoms with E-state index < -0.39 is 0 Å². The van der Waals surface area contributed by atoms with Crippen molar-refractivity contribution < 1.29 is 4.79 Å². The fraction of sp³-hybridized carbons (Fsp3) is 0.909. The van der Waals surface area contributed by atoms with Crippen LogP contribution >= 0.6 is 24.2 Å². The minimum absolute atomic E-state index is 0. The van der Waals surface area contributed by atoms with Gasteiger partial charge in [0.1, 0.15) is 0 Å². The summed E-state index contributed by atoms with van der Waals surface area (Å²) in [5.74, 6) is 1.57. The largest absolute Gasteiger partial charge is 0.344 e. The lowest BCUT2D eigenvalue weighted by Crippen LogP contribution is -2.43. The Morgan fingerprint density at radius 2 is 2.06 bits per heavy atom. The summed E-state index contributed by atoms with van der Waals surface area (Å²) in [7, 11) is 1.84. The highest BCUT2D eigenvalue weighted by atomic mass is 35.5. The molecule has 0 aliphatic heterocycles. The molecule has 0 heterocycles. The first-order valence-corrected chi connectivity index (χ1v) is 6.91. The molecule has 98 valence electrons. The van der Waals surface area contributed by atoms with Gasteiger partial charge < -0.3 is 10.6 Å². The van der Waals surface area contributed by atoms with Crippen LogP contribution in [0, 0.1) is 5.92 Å². The third-order valence-electron chi connectivity index (χ3n) is 2.61. The number of rotatable bonds is 7. The Balaban J connectivity index is 0. The molecule has 16 heavy (non-hydrogen) atoms. The second kappa shape index (κ2) is 10.2. The van der Waals surface area contributed by atoms with Crippen molar-refractivity contribution in [3.8, 4) is 0 Å². The number of thioether (sulfide) groups is 1. The molecule has 0 fully saturated rings. The first-order chi connectivity index (χ1) is 7.02. The molecule has 0 spiro atoms. The molecule has 0 aromatic carbocycles. The standard InChI is InChI=1S/C11H24N2OS.ClH/c1-5-9(2)8-13(3)11(14)10(12)6-7-15-4;/h9-10H,5-8,12H2,1-4H3;1H/t9?,10-;/m0./s1. The van der Waals surface area contributed by atoms with Crippen LogP contribution in [0.25, 0.3) is 0 Å². The van der Waals surface area contributed by atoms with Crippen LogP contribution in [0.2, 0.25) is 0 Å². The normalized spacial score (nSPS) is 13.8. The number of hydrogen-bond acceptors (Lipinski definition) is 3. The first-order valence-electron chi connectivity index (χ1n) is 5.52. The Morgan fingerprint density at radius 1 is 1.50 bits per heavy atom. The Hall–Kier alpha value is 0.0700. The van der Waals surface area contributed by atoms with E-state index in [-0.39, 0.29) is 24.4 Å². The first kappa shape index (κ1) is 18.4. The number of carbonyl (C=O) groups is 1. The fourth-order valence-electron chi connectivity index (χ4n) is 1.34. The summed E-state index contributed by atoms with van der Waals surface area (Å²) in [6.07, 6.45) is 3.89. The molecule has 1 amide bonds. The van der Waals surface area contributed by atoms with Crippen molar-refractivity contribution in [2.24, 2.45) is 11.7 Å². The molecular weight excluding hydrogens is 244 g/mol. The molecule has 0 saturated carbocycles. The zero-order chi connectivity index (χ0) is 11.8. The summed E-state index contributed by atoms with van der Waals surface area (Å²) >= 11 is 1.73. The fourth-order valence-corrected chi connectivity index (χ4v) is 1.83. The van der Waals surface area contributed by atoms with Gasteiger partial charge >= 0.3 is 0 Å². The number of nitrogens with zero attached hydrogens (tertiary/aromatic N) is 1. The maximum absolute atomic E-state index is 11.8. The van der Waals surface area contributed by atoms with Crippen molar-refractivity contribution >= 4 is 30.1 Å². The van der Waals surface area contributed by atoms with Crippen molar-refractivity contribution in [2.45, 2.75) is 32.7 Å². The van der Waals surface area contributed by atoms with E-state index in [9.17, 15) is 4.79 Å². The summed E-state index contributed by atoms with van der Waals surface area (Å²) in [4.78, 5) is 13.6. The van der Waals surface area contributed by atoms with Crippen LogP contribution in [0.5, 0.6) is 0 Å². The third-order valence-corrected chi connectivity index (χ3v) is 3.25. The highest BCUT2D eigenvalue weighted by Gasteiger charge is 2.18. The second-order valence-corrected chi connectivity index (χ2v) is 5.11. The summed E-state index contributed by atoms with van der Waals surface area (Å²) in [5, 5.41) is 0. The Kier molecular flexibility index (Phi) is 11.8. The third kappa shape index (κ3) is 7.36. The molecule has 2 N–H and O–H groups in total. The maximum Gasteiger partial charge on any atom is 0.239 e.